The zero-order chi connectivity index (χ0) is 12.1. The normalized spacial score (nSPS) is 19.3. The van der Waals surface area contributed by atoms with Crippen molar-refractivity contribution < 1.29 is 9.47 Å². The largest absolute Gasteiger partial charge is 0.497 e. The van der Waals surface area contributed by atoms with Gasteiger partial charge in [-0.25, -0.2) is 0 Å². The summed E-state index contributed by atoms with van der Waals surface area (Å²) >= 11 is 0. The van der Waals surface area contributed by atoms with Crippen molar-refractivity contribution in [2.75, 3.05) is 20.8 Å². The SMILES string of the molecule is COc1ccc(OC)c(CCC2CCCN2)c1. The molecule has 0 aromatic heterocycles. The molecule has 1 aromatic carbocycles. The monoisotopic (exact) mass is 235 g/mol. The fraction of sp³-hybridized carbons (Fsp3) is 0.571. The maximum Gasteiger partial charge on any atom is 0.122 e. The summed E-state index contributed by atoms with van der Waals surface area (Å²) in [6.07, 6.45) is 4.81. The van der Waals surface area contributed by atoms with Crippen molar-refractivity contribution in [1.29, 1.82) is 0 Å². The summed E-state index contributed by atoms with van der Waals surface area (Å²) in [5.74, 6) is 1.86. The number of methoxy groups -OCH3 is 2. The first kappa shape index (κ1) is 12.2. The molecule has 1 N–H and O–H groups in total. The van der Waals surface area contributed by atoms with Gasteiger partial charge in [-0.2, -0.15) is 0 Å². The second-order valence-corrected chi connectivity index (χ2v) is 4.51. The topological polar surface area (TPSA) is 30.5 Å². The van der Waals surface area contributed by atoms with Gasteiger partial charge < -0.3 is 14.8 Å². The lowest BCUT2D eigenvalue weighted by molar-refractivity contribution is 0.397. The molecule has 1 atom stereocenters. The van der Waals surface area contributed by atoms with Gasteiger partial charge in [0.05, 0.1) is 14.2 Å². The first-order chi connectivity index (χ1) is 8.33. The lowest BCUT2D eigenvalue weighted by Crippen LogP contribution is -2.21. The number of hydrogen-bond acceptors (Lipinski definition) is 3. The Bertz CT molecular complexity index is 359. The highest BCUT2D eigenvalue weighted by Gasteiger charge is 2.14. The number of nitrogens with one attached hydrogen (secondary N) is 1. The summed E-state index contributed by atoms with van der Waals surface area (Å²) < 4.78 is 10.6. The third kappa shape index (κ3) is 3.13. The van der Waals surface area contributed by atoms with Gasteiger partial charge in [-0.15, -0.1) is 0 Å². The molecule has 3 nitrogen and oxygen atoms in total. The van der Waals surface area contributed by atoms with Crippen LogP contribution in [-0.4, -0.2) is 26.8 Å². The summed E-state index contributed by atoms with van der Waals surface area (Å²) in [5.41, 5.74) is 1.24. The number of hydrogen-bond donors (Lipinski definition) is 1. The summed E-state index contributed by atoms with van der Waals surface area (Å²) in [6, 6.07) is 6.67. The van der Waals surface area contributed by atoms with Gasteiger partial charge in [0.15, 0.2) is 0 Å². The van der Waals surface area contributed by atoms with E-state index in [1.807, 2.05) is 12.1 Å². The smallest absolute Gasteiger partial charge is 0.122 e. The third-order valence-corrected chi connectivity index (χ3v) is 3.41. The van der Waals surface area contributed by atoms with E-state index in [-0.39, 0.29) is 0 Å². The second-order valence-electron chi connectivity index (χ2n) is 4.51. The van der Waals surface area contributed by atoms with Gasteiger partial charge in [0, 0.05) is 6.04 Å². The lowest BCUT2D eigenvalue weighted by atomic mass is 10.0. The molecule has 0 bridgehead atoms. The van der Waals surface area contributed by atoms with E-state index >= 15 is 0 Å². The van der Waals surface area contributed by atoms with Crippen LogP contribution in [0.1, 0.15) is 24.8 Å². The molecular formula is C14H21NO2. The van der Waals surface area contributed by atoms with Crippen LogP contribution in [0.5, 0.6) is 11.5 Å². The van der Waals surface area contributed by atoms with E-state index < -0.39 is 0 Å². The zero-order valence-electron chi connectivity index (χ0n) is 10.7. The quantitative estimate of drug-likeness (QED) is 0.850. The Labute approximate surface area is 103 Å². The van der Waals surface area contributed by atoms with Crippen LogP contribution < -0.4 is 14.8 Å². The van der Waals surface area contributed by atoms with Crippen LogP contribution in [0.15, 0.2) is 18.2 Å². The van der Waals surface area contributed by atoms with Gasteiger partial charge in [0.25, 0.3) is 0 Å². The van der Waals surface area contributed by atoms with Gasteiger partial charge in [-0.05, 0) is 56.0 Å². The summed E-state index contributed by atoms with van der Waals surface area (Å²) in [7, 11) is 3.42. The van der Waals surface area contributed by atoms with Crippen LogP contribution in [0.2, 0.25) is 0 Å². The van der Waals surface area contributed by atoms with E-state index in [0.717, 1.165) is 17.9 Å². The Hall–Kier alpha value is -1.22. The minimum absolute atomic E-state index is 0.672. The van der Waals surface area contributed by atoms with Crippen LogP contribution >= 0.6 is 0 Å². The molecule has 0 radical (unpaired) electrons. The predicted octanol–water partition coefficient (Wildman–Crippen LogP) is 2.39. The molecule has 3 heteroatoms. The van der Waals surface area contributed by atoms with E-state index in [4.69, 9.17) is 9.47 Å². The zero-order valence-corrected chi connectivity index (χ0v) is 10.7. The molecular weight excluding hydrogens is 214 g/mol. The number of ether oxygens (including phenoxy) is 2. The number of aryl methyl sites for hydroxylation is 1. The van der Waals surface area contributed by atoms with Crippen LogP contribution in [0, 0.1) is 0 Å². The first-order valence-electron chi connectivity index (χ1n) is 6.28. The molecule has 1 aliphatic heterocycles. The Morgan fingerprint density at radius 1 is 1.29 bits per heavy atom. The van der Waals surface area contributed by atoms with E-state index in [1.54, 1.807) is 14.2 Å². The average Bonchev–Trinajstić information content (AvgIpc) is 2.89. The maximum absolute atomic E-state index is 5.38. The van der Waals surface area contributed by atoms with Gasteiger partial charge in [-0.3, -0.25) is 0 Å². The molecule has 94 valence electrons. The molecule has 0 spiro atoms. The van der Waals surface area contributed by atoms with E-state index in [1.165, 1.54) is 31.4 Å². The molecule has 1 fully saturated rings. The minimum atomic E-state index is 0.672. The highest BCUT2D eigenvalue weighted by atomic mass is 16.5. The third-order valence-electron chi connectivity index (χ3n) is 3.41. The highest BCUT2D eigenvalue weighted by molar-refractivity contribution is 5.40. The van der Waals surface area contributed by atoms with Crippen molar-refractivity contribution in [3.63, 3.8) is 0 Å². The predicted molar refractivity (Wildman–Crippen MR) is 68.9 cm³/mol. The molecule has 0 aliphatic carbocycles. The Balaban J connectivity index is 2.01. The van der Waals surface area contributed by atoms with Crippen LogP contribution in [0.25, 0.3) is 0 Å². The lowest BCUT2D eigenvalue weighted by Gasteiger charge is -2.13. The Morgan fingerprint density at radius 3 is 2.82 bits per heavy atom. The van der Waals surface area contributed by atoms with Gasteiger partial charge in [-0.1, -0.05) is 0 Å². The van der Waals surface area contributed by atoms with Crippen molar-refractivity contribution in [1.82, 2.24) is 5.32 Å². The average molecular weight is 235 g/mol. The maximum atomic E-state index is 5.38. The minimum Gasteiger partial charge on any atom is -0.497 e. The molecule has 2 rings (SSSR count). The van der Waals surface area contributed by atoms with Crippen molar-refractivity contribution >= 4 is 0 Å². The molecule has 0 amide bonds. The van der Waals surface area contributed by atoms with Gasteiger partial charge >= 0.3 is 0 Å². The van der Waals surface area contributed by atoms with E-state index in [2.05, 4.69) is 11.4 Å². The van der Waals surface area contributed by atoms with Crippen molar-refractivity contribution in [2.45, 2.75) is 31.7 Å². The molecule has 0 saturated carbocycles. The summed E-state index contributed by atoms with van der Waals surface area (Å²) in [5, 5.41) is 3.52. The fourth-order valence-corrected chi connectivity index (χ4v) is 2.41. The first-order valence-corrected chi connectivity index (χ1v) is 6.28. The van der Waals surface area contributed by atoms with E-state index in [9.17, 15) is 0 Å². The Morgan fingerprint density at radius 2 is 2.18 bits per heavy atom. The second kappa shape index (κ2) is 5.92. The van der Waals surface area contributed by atoms with Crippen molar-refractivity contribution in [3.8, 4) is 11.5 Å². The summed E-state index contributed by atoms with van der Waals surface area (Å²) in [4.78, 5) is 0. The molecule has 1 unspecified atom stereocenters. The fourth-order valence-electron chi connectivity index (χ4n) is 2.41. The highest BCUT2D eigenvalue weighted by Crippen LogP contribution is 2.26. The molecule has 1 saturated heterocycles. The molecule has 17 heavy (non-hydrogen) atoms. The molecule has 1 heterocycles. The Kier molecular flexibility index (Phi) is 4.26. The standard InChI is InChI=1S/C14H21NO2/c1-16-13-7-8-14(17-2)11(10-13)5-6-12-4-3-9-15-12/h7-8,10,12,15H,3-6,9H2,1-2H3. The number of rotatable bonds is 5. The van der Waals surface area contributed by atoms with Crippen molar-refractivity contribution in [2.24, 2.45) is 0 Å². The van der Waals surface area contributed by atoms with E-state index in [0.29, 0.717) is 6.04 Å². The van der Waals surface area contributed by atoms with Crippen LogP contribution in [0.3, 0.4) is 0 Å². The van der Waals surface area contributed by atoms with Gasteiger partial charge in [0.2, 0.25) is 0 Å². The number of benzene rings is 1. The van der Waals surface area contributed by atoms with Crippen LogP contribution in [-0.2, 0) is 6.42 Å². The van der Waals surface area contributed by atoms with Crippen LogP contribution in [0.4, 0.5) is 0 Å². The molecule has 1 aromatic rings. The van der Waals surface area contributed by atoms with Gasteiger partial charge in [0.1, 0.15) is 11.5 Å². The molecule has 1 aliphatic rings. The summed E-state index contributed by atoms with van der Waals surface area (Å²) in [6.45, 7) is 1.17. The van der Waals surface area contributed by atoms with Crippen molar-refractivity contribution in [3.05, 3.63) is 23.8 Å².